The quantitative estimate of drug-likeness (QED) is 0.280. The molecular formula is C30H31ClFN7O3. The molecule has 0 saturated heterocycles. The number of halogens is 2. The van der Waals surface area contributed by atoms with Crippen LogP contribution in [0, 0.1) is 19.7 Å². The normalized spacial score (nSPS) is 13.6. The van der Waals surface area contributed by atoms with E-state index < -0.39 is 11.7 Å². The van der Waals surface area contributed by atoms with Crippen LogP contribution in [0.2, 0.25) is 5.02 Å². The van der Waals surface area contributed by atoms with Gasteiger partial charge in [-0.25, -0.2) is 18.7 Å². The lowest BCUT2D eigenvalue weighted by molar-refractivity contribution is 0.0223. The smallest absolute Gasteiger partial charge is 0.410 e. The van der Waals surface area contributed by atoms with Gasteiger partial charge in [-0.3, -0.25) is 13.8 Å². The Morgan fingerprint density at radius 1 is 1.10 bits per heavy atom. The van der Waals surface area contributed by atoms with Gasteiger partial charge in [-0.1, -0.05) is 11.6 Å². The monoisotopic (exact) mass is 591 g/mol. The largest absolute Gasteiger partial charge is 0.444 e. The third-order valence-corrected chi connectivity index (χ3v) is 7.83. The maximum atomic E-state index is 14.6. The molecule has 2 aromatic carbocycles. The highest BCUT2D eigenvalue weighted by Crippen LogP contribution is 2.32. The molecule has 12 heteroatoms. The summed E-state index contributed by atoms with van der Waals surface area (Å²) in [5.41, 5.74) is 3.29. The summed E-state index contributed by atoms with van der Waals surface area (Å²) in [6.07, 6.45) is 4.98. The first-order valence-electron chi connectivity index (χ1n) is 13.6. The molecule has 1 aliphatic rings. The zero-order valence-corrected chi connectivity index (χ0v) is 25.0. The first-order chi connectivity index (χ1) is 19.8. The number of ether oxygens (including phenoxy) is 1. The Bertz CT molecular complexity index is 1920. The molecule has 0 saturated carbocycles. The van der Waals surface area contributed by atoms with Crippen LogP contribution in [0.1, 0.15) is 43.2 Å². The summed E-state index contributed by atoms with van der Waals surface area (Å²) in [6, 6.07) is 7.04. The van der Waals surface area contributed by atoms with Crippen LogP contribution in [0.4, 0.5) is 9.18 Å². The number of hydrogen-bond donors (Lipinski definition) is 0. The van der Waals surface area contributed by atoms with Crippen molar-refractivity contribution in [3.63, 3.8) is 0 Å². The van der Waals surface area contributed by atoms with E-state index in [-0.39, 0.29) is 18.1 Å². The highest BCUT2D eigenvalue weighted by Gasteiger charge is 2.32. The van der Waals surface area contributed by atoms with E-state index in [4.69, 9.17) is 21.4 Å². The highest BCUT2D eigenvalue weighted by molar-refractivity contribution is 6.37. The maximum absolute atomic E-state index is 14.6. The SMILES string of the molecule is Cc1cc(-n2nc3c(c2-n2ccn(-c4ccc5c(cnn5C)c4Cl)c2=O)CN(C(=O)OC(C)(C)C)CC3)cc(C)c1F. The van der Waals surface area contributed by atoms with Gasteiger partial charge in [-0.15, -0.1) is 0 Å². The molecule has 0 fully saturated rings. The fourth-order valence-corrected chi connectivity index (χ4v) is 5.70. The summed E-state index contributed by atoms with van der Waals surface area (Å²) in [5, 5.41) is 10.3. The fourth-order valence-electron chi connectivity index (χ4n) is 5.40. The summed E-state index contributed by atoms with van der Waals surface area (Å²) in [6.45, 7) is 9.45. The van der Waals surface area contributed by atoms with Gasteiger partial charge in [0.2, 0.25) is 0 Å². The number of carbonyl (C=O) groups excluding carboxylic acids is 1. The van der Waals surface area contributed by atoms with Crippen LogP contribution in [-0.2, 0) is 24.8 Å². The van der Waals surface area contributed by atoms with Gasteiger partial charge in [-0.2, -0.15) is 10.2 Å². The van der Waals surface area contributed by atoms with Crippen LogP contribution in [-0.4, -0.2) is 51.8 Å². The van der Waals surface area contributed by atoms with Gasteiger partial charge in [0.05, 0.1) is 40.3 Å². The molecule has 1 amide bonds. The number of amides is 1. The number of hydrogen-bond acceptors (Lipinski definition) is 5. The van der Waals surface area contributed by atoms with Gasteiger partial charge in [0.25, 0.3) is 0 Å². The average molecular weight is 592 g/mol. The predicted molar refractivity (Wildman–Crippen MR) is 158 cm³/mol. The summed E-state index contributed by atoms with van der Waals surface area (Å²) in [5.74, 6) is 0.170. The molecule has 0 N–H and O–H groups in total. The van der Waals surface area contributed by atoms with Gasteiger partial charge in [-0.05, 0) is 70.0 Å². The molecule has 6 rings (SSSR count). The van der Waals surface area contributed by atoms with Crippen molar-refractivity contribution in [1.82, 2.24) is 33.6 Å². The van der Waals surface area contributed by atoms with Crippen molar-refractivity contribution >= 4 is 28.6 Å². The van der Waals surface area contributed by atoms with Crippen LogP contribution in [0.25, 0.3) is 28.1 Å². The van der Waals surface area contributed by atoms with Gasteiger partial charge < -0.3 is 9.64 Å². The van der Waals surface area contributed by atoms with E-state index in [1.807, 2.05) is 33.9 Å². The zero-order chi connectivity index (χ0) is 30.1. The number of rotatable bonds is 3. The fraction of sp³-hybridized carbons (Fsp3) is 0.333. The van der Waals surface area contributed by atoms with E-state index in [1.54, 1.807) is 64.9 Å². The lowest BCUT2D eigenvalue weighted by Crippen LogP contribution is -2.40. The molecule has 42 heavy (non-hydrogen) atoms. The zero-order valence-electron chi connectivity index (χ0n) is 24.3. The Kier molecular flexibility index (Phi) is 6.53. The molecule has 1 aliphatic heterocycles. The Hall–Kier alpha value is -4.38. The Morgan fingerprint density at radius 3 is 2.48 bits per heavy atom. The van der Waals surface area contributed by atoms with Crippen molar-refractivity contribution in [2.75, 3.05) is 6.54 Å². The molecule has 0 spiro atoms. The van der Waals surface area contributed by atoms with Crippen molar-refractivity contribution in [2.45, 2.75) is 53.2 Å². The molecule has 4 heterocycles. The van der Waals surface area contributed by atoms with Crippen molar-refractivity contribution in [2.24, 2.45) is 7.05 Å². The van der Waals surface area contributed by atoms with Crippen LogP contribution in [0.5, 0.6) is 0 Å². The summed E-state index contributed by atoms with van der Waals surface area (Å²) in [7, 11) is 1.82. The Balaban J connectivity index is 1.52. The highest BCUT2D eigenvalue weighted by atomic mass is 35.5. The number of imidazole rings is 1. The molecule has 10 nitrogen and oxygen atoms in total. The molecule has 0 aliphatic carbocycles. The van der Waals surface area contributed by atoms with Crippen molar-refractivity contribution in [1.29, 1.82) is 0 Å². The molecule has 0 atom stereocenters. The van der Waals surface area contributed by atoms with Crippen molar-refractivity contribution < 1.29 is 13.9 Å². The van der Waals surface area contributed by atoms with Crippen molar-refractivity contribution in [3.05, 3.63) is 86.6 Å². The minimum Gasteiger partial charge on any atom is -0.444 e. The molecule has 218 valence electrons. The minimum atomic E-state index is -0.656. The molecular weight excluding hydrogens is 561 g/mol. The Labute approximate surface area is 246 Å². The van der Waals surface area contributed by atoms with Gasteiger partial charge >= 0.3 is 11.8 Å². The average Bonchev–Trinajstić information content (AvgIpc) is 3.61. The standard InChI is InChI=1S/C30H31ClFN7O3/c1-17-13-19(14-18(2)26(17)32)39-27(21-16-36(10-9-22(21)34-39)29(41)42-30(3,4)5)38-12-11-37(28(38)40)24-8-7-23-20(25(24)31)15-33-35(23)6/h7-8,11-15H,9-10,16H2,1-6H3. The maximum Gasteiger partial charge on any atom is 0.410 e. The van der Waals surface area contributed by atoms with E-state index in [1.165, 1.54) is 9.13 Å². The van der Waals surface area contributed by atoms with Crippen LogP contribution >= 0.6 is 11.6 Å². The van der Waals surface area contributed by atoms with Crippen LogP contribution in [0.15, 0.2) is 47.7 Å². The number of aromatic nitrogens is 6. The predicted octanol–water partition coefficient (Wildman–Crippen LogP) is 5.40. The van der Waals surface area contributed by atoms with E-state index >= 15 is 0 Å². The first-order valence-corrected chi connectivity index (χ1v) is 14.0. The lowest BCUT2D eigenvalue weighted by atomic mass is 10.1. The molecule has 0 bridgehead atoms. The van der Waals surface area contributed by atoms with Crippen LogP contribution < -0.4 is 5.69 Å². The van der Waals surface area contributed by atoms with E-state index in [0.717, 1.165) is 16.6 Å². The number of aryl methyl sites for hydroxylation is 3. The first kappa shape index (κ1) is 27.8. The summed E-state index contributed by atoms with van der Waals surface area (Å²) < 4.78 is 26.5. The third kappa shape index (κ3) is 4.57. The third-order valence-electron chi connectivity index (χ3n) is 7.43. The van der Waals surface area contributed by atoms with Crippen LogP contribution in [0.3, 0.4) is 0 Å². The van der Waals surface area contributed by atoms with Gasteiger partial charge in [0.1, 0.15) is 17.2 Å². The number of carbonyl (C=O) groups is 1. The summed E-state index contributed by atoms with van der Waals surface area (Å²) >= 11 is 6.76. The molecule has 0 unspecified atom stereocenters. The minimum absolute atomic E-state index is 0.193. The second-order valence-electron chi connectivity index (χ2n) is 11.6. The second kappa shape index (κ2) is 9.87. The number of fused-ring (bicyclic) bond motifs is 2. The molecule has 5 aromatic rings. The topological polar surface area (TPSA) is 92.1 Å². The van der Waals surface area contributed by atoms with E-state index in [9.17, 15) is 14.0 Å². The van der Waals surface area contributed by atoms with Gasteiger partial charge in [0.15, 0.2) is 0 Å². The van der Waals surface area contributed by atoms with E-state index in [2.05, 4.69) is 5.10 Å². The van der Waals surface area contributed by atoms with Gasteiger partial charge in [0, 0.05) is 43.4 Å². The second-order valence-corrected chi connectivity index (χ2v) is 12.0. The van der Waals surface area contributed by atoms with E-state index in [0.29, 0.717) is 51.9 Å². The Morgan fingerprint density at radius 2 is 1.79 bits per heavy atom. The summed E-state index contributed by atoms with van der Waals surface area (Å²) in [4.78, 5) is 28.7. The number of benzene rings is 2. The molecule has 3 aromatic heterocycles. The van der Waals surface area contributed by atoms with Crippen molar-refractivity contribution in [3.8, 4) is 17.2 Å². The molecule has 0 radical (unpaired) electrons. The number of nitrogens with zero attached hydrogens (tertiary/aromatic N) is 7. The lowest BCUT2D eigenvalue weighted by Gasteiger charge is -2.29.